The first-order valence-corrected chi connectivity index (χ1v) is 11.1. The van der Waals surface area contributed by atoms with Crippen LogP contribution in [0.5, 0.6) is 11.5 Å². The zero-order valence-corrected chi connectivity index (χ0v) is 18.7. The van der Waals surface area contributed by atoms with E-state index in [4.69, 9.17) is 9.15 Å². The fourth-order valence-corrected chi connectivity index (χ4v) is 4.33. The number of phenolic OH excluding ortho intramolecular Hbond substituents is 1. The lowest BCUT2D eigenvalue weighted by Gasteiger charge is -2.38. The number of methoxy groups -OCH3 is 1. The minimum absolute atomic E-state index is 0.0978. The summed E-state index contributed by atoms with van der Waals surface area (Å²) >= 11 is 0. The Morgan fingerprint density at radius 2 is 1.84 bits per heavy atom. The highest BCUT2D eigenvalue weighted by Crippen LogP contribution is 2.29. The molecule has 0 saturated carbocycles. The van der Waals surface area contributed by atoms with E-state index < -0.39 is 0 Å². The molecule has 32 heavy (non-hydrogen) atoms. The lowest BCUT2D eigenvalue weighted by Crippen LogP contribution is -2.47. The van der Waals surface area contributed by atoms with Gasteiger partial charge in [-0.1, -0.05) is 25.1 Å². The number of anilines is 1. The van der Waals surface area contributed by atoms with Gasteiger partial charge in [-0.3, -0.25) is 9.69 Å². The number of likely N-dealkylation sites (tertiary alicyclic amines) is 1. The third-order valence-electron chi connectivity index (χ3n) is 6.15. The van der Waals surface area contributed by atoms with Gasteiger partial charge in [0, 0.05) is 31.4 Å². The minimum atomic E-state index is -0.0993. The van der Waals surface area contributed by atoms with Crippen molar-refractivity contribution in [2.45, 2.75) is 38.8 Å². The molecule has 0 aliphatic carbocycles. The number of hydrogen-bond acceptors (Lipinski definition) is 5. The Labute approximate surface area is 189 Å². The van der Waals surface area contributed by atoms with E-state index in [0.717, 1.165) is 50.1 Å². The van der Waals surface area contributed by atoms with Crippen LogP contribution in [-0.2, 0) is 13.0 Å². The van der Waals surface area contributed by atoms with E-state index in [0.29, 0.717) is 11.5 Å². The number of benzene rings is 2. The van der Waals surface area contributed by atoms with Gasteiger partial charge in [0.2, 0.25) is 0 Å². The molecular formula is C26H30N2O4. The highest BCUT2D eigenvalue weighted by Gasteiger charge is 2.31. The quantitative estimate of drug-likeness (QED) is 0.575. The molecule has 6 nitrogen and oxygen atoms in total. The van der Waals surface area contributed by atoms with Crippen molar-refractivity contribution in [2.75, 3.05) is 25.1 Å². The maximum Gasteiger partial charge on any atom is 0.294 e. The normalized spacial score (nSPS) is 14.9. The Kier molecular flexibility index (Phi) is 6.81. The lowest BCUT2D eigenvalue weighted by atomic mass is 10.0. The second-order valence-corrected chi connectivity index (χ2v) is 8.19. The van der Waals surface area contributed by atoms with Crippen LogP contribution in [0.2, 0.25) is 0 Å². The molecule has 1 saturated heterocycles. The van der Waals surface area contributed by atoms with Crippen molar-refractivity contribution in [2.24, 2.45) is 0 Å². The van der Waals surface area contributed by atoms with Crippen molar-refractivity contribution < 1.29 is 19.1 Å². The van der Waals surface area contributed by atoms with Crippen LogP contribution in [0.15, 0.2) is 65.3 Å². The fourth-order valence-electron chi connectivity index (χ4n) is 4.33. The van der Waals surface area contributed by atoms with Crippen molar-refractivity contribution in [3.8, 4) is 11.5 Å². The van der Waals surface area contributed by atoms with Gasteiger partial charge in [0.15, 0.2) is 17.3 Å². The third-order valence-corrected chi connectivity index (χ3v) is 6.15. The van der Waals surface area contributed by atoms with Gasteiger partial charge in [-0.15, -0.1) is 0 Å². The van der Waals surface area contributed by atoms with Crippen LogP contribution in [-0.4, -0.2) is 42.2 Å². The Morgan fingerprint density at radius 3 is 2.44 bits per heavy atom. The summed E-state index contributed by atoms with van der Waals surface area (Å²) < 4.78 is 10.6. The predicted octanol–water partition coefficient (Wildman–Crippen LogP) is 4.87. The maximum absolute atomic E-state index is 13.3. The molecule has 2 heterocycles. The summed E-state index contributed by atoms with van der Waals surface area (Å²) in [5.41, 5.74) is 3.19. The summed E-state index contributed by atoms with van der Waals surface area (Å²) in [5, 5.41) is 10.1. The smallest absolute Gasteiger partial charge is 0.294 e. The zero-order chi connectivity index (χ0) is 22.5. The Bertz CT molecular complexity index is 1020. The van der Waals surface area contributed by atoms with E-state index in [1.165, 1.54) is 5.56 Å². The second-order valence-electron chi connectivity index (χ2n) is 8.19. The van der Waals surface area contributed by atoms with Gasteiger partial charge < -0.3 is 19.2 Å². The summed E-state index contributed by atoms with van der Waals surface area (Å²) in [5.74, 6) is 0.901. The monoisotopic (exact) mass is 434 g/mol. The van der Waals surface area contributed by atoms with Crippen LogP contribution in [0.1, 0.15) is 41.4 Å². The molecule has 3 aromatic rings. The number of rotatable bonds is 7. The summed E-state index contributed by atoms with van der Waals surface area (Å²) in [6.07, 6.45) is 4.23. The van der Waals surface area contributed by atoms with Crippen molar-refractivity contribution in [3.05, 3.63) is 77.7 Å². The lowest BCUT2D eigenvalue weighted by molar-refractivity contribution is 0.0931. The standard InChI is InChI=1S/C26H30N2O4/c1-3-19-6-9-21(10-7-19)28(26(30)25-5-4-16-32-25)22-12-14-27(15-13-22)18-20-8-11-24(31-2)23(29)17-20/h4-11,16-17,22,29H,3,12-15,18H2,1-2H3. The molecule has 1 amide bonds. The third kappa shape index (κ3) is 4.81. The van der Waals surface area contributed by atoms with Crippen LogP contribution in [0.25, 0.3) is 0 Å². The Hall–Kier alpha value is -3.25. The fraction of sp³-hybridized carbons (Fsp3) is 0.346. The summed E-state index contributed by atoms with van der Waals surface area (Å²) in [6.45, 7) is 4.61. The predicted molar refractivity (Wildman–Crippen MR) is 124 cm³/mol. The molecule has 0 radical (unpaired) electrons. The Balaban J connectivity index is 1.47. The molecule has 2 aromatic carbocycles. The molecule has 1 N–H and O–H groups in total. The van der Waals surface area contributed by atoms with Crippen molar-refractivity contribution in [3.63, 3.8) is 0 Å². The van der Waals surface area contributed by atoms with E-state index in [-0.39, 0.29) is 17.7 Å². The molecule has 1 aliphatic rings. The number of carbonyl (C=O) groups excluding carboxylic acids is 1. The summed E-state index contributed by atoms with van der Waals surface area (Å²) in [6, 6.07) is 17.3. The van der Waals surface area contributed by atoms with Gasteiger partial charge in [0.1, 0.15) is 0 Å². The molecule has 0 spiro atoms. The topological polar surface area (TPSA) is 66.2 Å². The average molecular weight is 435 g/mol. The van der Waals surface area contributed by atoms with Gasteiger partial charge in [0.05, 0.1) is 13.4 Å². The molecule has 4 rings (SSSR count). The van der Waals surface area contributed by atoms with Crippen LogP contribution in [0.3, 0.4) is 0 Å². The SMILES string of the molecule is CCc1ccc(N(C(=O)c2ccco2)C2CCN(Cc3ccc(OC)c(O)c3)CC2)cc1. The molecular weight excluding hydrogens is 404 g/mol. The van der Waals surface area contributed by atoms with Crippen molar-refractivity contribution in [1.82, 2.24) is 4.90 Å². The average Bonchev–Trinajstić information content (AvgIpc) is 3.36. The van der Waals surface area contributed by atoms with Gasteiger partial charge in [-0.2, -0.15) is 0 Å². The molecule has 0 bridgehead atoms. The van der Waals surface area contributed by atoms with E-state index in [1.54, 1.807) is 37.6 Å². The van der Waals surface area contributed by atoms with Crippen LogP contribution < -0.4 is 9.64 Å². The number of phenols is 1. The number of aryl methyl sites for hydroxylation is 1. The number of aromatic hydroxyl groups is 1. The van der Waals surface area contributed by atoms with Crippen LogP contribution in [0.4, 0.5) is 5.69 Å². The van der Waals surface area contributed by atoms with Gasteiger partial charge in [-0.25, -0.2) is 0 Å². The van der Waals surface area contributed by atoms with Gasteiger partial charge >= 0.3 is 0 Å². The molecule has 1 aromatic heterocycles. The number of piperidine rings is 1. The van der Waals surface area contributed by atoms with Gasteiger partial charge in [0.25, 0.3) is 5.91 Å². The number of ether oxygens (including phenoxy) is 1. The second kappa shape index (κ2) is 9.92. The summed E-state index contributed by atoms with van der Waals surface area (Å²) in [7, 11) is 1.55. The molecule has 6 heteroatoms. The molecule has 0 unspecified atom stereocenters. The molecule has 168 valence electrons. The van der Waals surface area contributed by atoms with Gasteiger partial charge in [-0.05, 0) is 66.8 Å². The number of nitrogens with zero attached hydrogens (tertiary/aromatic N) is 2. The number of hydrogen-bond donors (Lipinski definition) is 1. The highest BCUT2D eigenvalue weighted by molar-refractivity contribution is 6.04. The van der Waals surface area contributed by atoms with E-state index >= 15 is 0 Å². The number of carbonyl (C=O) groups is 1. The largest absolute Gasteiger partial charge is 0.504 e. The van der Waals surface area contributed by atoms with E-state index in [2.05, 4.69) is 24.0 Å². The minimum Gasteiger partial charge on any atom is -0.504 e. The van der Waals surface area contributed by atoms with Crippen LogP contribution >= 0.6 is 0 Å². The molecule has 1 aliphatic heterocycles. The highest BCUT2D eigenvalue weighted by atomic mass is 16.5. The first-order valence-electron chi connectivity index (χ1n) is 11.1. The van der Waals surface area contributed by atoms with E-state index in [9.17, 15) is 9.90 Å². The number of amides is 1. The van der Waals surface area contributed by atoms with Crippen LogP contribution in [0, 0.1) is 0 Å². The zero-order valence-electron chi connectivity index (χ0n) is 18.7. The van der Waals surface area contributed by atoms with Crippen molar-refractivity contribution in [1.29, 1.82) is 0 Å². The molecule has 0 atom stereocenters. The first-order chi connectivity index (χ1) is 15.6. The Morgan fingerprint density at radius 1 is 1.12 bits per heavy atom. The number of furan rings is 1. The summed E-state index contributed by atoms with van der Waals surface area (Å²) in [4.78, 5) is 17.6. The van der Waals surface area contributed by atoms with Crippen molar-refractivity contribution >= 4 is 11.6 Å². The van der Waals surface area contributed by atoms with E-state index in [1.807, 2.05) is 23.1 Å². The maximum atomic E-state index is 13.3. The first kappa shape index (κ1) is 22.0. The molecule has 1 fully saturated rings.